The Balaban J connectivity index is 2.40. The molecule has 0 fully saturated rings. The van der Waals surface area contributed by atoms with Gasteiger partial charge >= 0.3 is 0 Å². The normalized spacial score (nSPS) is 10.3. The van der Waals surface area contributed by atoms with E-state index in [0.717, 1.165) is 15.6 Å². The van der Waals surface area contributed by atoms with Gasteiger partial charge in [-0.1, -0.05) is 12.1 Å². The molecular formula is C16H15BrFNO2. The number of benzene rings is 2. The molecule has 21 heavy (non-hydrogen) atoms. The molecule has 0 unspecified atom stereocenters. The summed E-state index contributed by atoms with van der Waals surface area (Å²) in [7, 11) is 1.40. The second kappa shape index (κ2) is 6.26. The highest BCUT2D eigenvalue weighted by Gasteiger charge is 2.19. The number of amides is 1. The minimum absolute atomic E-state index is 0.105. The quantitative estimate of drug-likeness (QED) is 0.885. The zero-order valence-electron chi connectivity index (χ0n) is 12.0. The first kappa shape index (κ1) is 15.5. The fraction of sp³-hybridized carbons (Fsp3) is 0.188. The summed E-state index contributed by atoms with van der Waals surface area (Å²) < 4.78 is 19.7. The highest BCUT2D eigenvalue weighted by Crippen LogP contribution is 2.29. The van der Waals surface area contributed by atoms with Crippen molar-refractivity contribution in [1.29, 1.82) is 0 Å². The van der Waals surface area contributed by atoms with Crippen molar-refractivity contribution in [1.82, 2.24) is 0 Å². The highest BCUT2D eigenvalue weighted by molar-refractivity contribution is 9.10. The van der Waals surface area contributed by atoms with E-state index in [1.54, 1.807) is 6.07 Å². The first-order valence-corrected chi connectivity index (χ1v) is 7.14. The lowest BCUT2D eigenvalue weighted by Gasteiger charge is -2.14. The lowest BCUT2D eigenvalue weighted by molar-refractivity contribution is 0.102. The van der Waals surface area contributed by atoms with E-state index >= 15 is 0 Å². The predicted octanol–water partition coefficient (Wildman–Crippen LogP) is 4.47. The zero-order chi connectivity index (χ0) is 15.6. The number of hydrogen-bond acceptors (Lipinski definition) is 2. The SMILES string of the molecule is COc1cccc(F)c1C(=O)Nc1c(C)cc(C)cc1Br. The summed E-state index contributed by atoms with van der Waals surface area (Å²) in [4.78, 5) is 12.4. The van der Waals surface area contributed by atoms with Crippen molar-refractivity contribution in [3.8, 4) is 5.75 Å². The minimum atomic E-state index is -0.618. The molecule has 110 valence electrons. The van der Waals surface area contributed by atoms with Crippen molar-refractivity contribution < 1.29 is 13.9 Å². The maximum atomic E-state index is 13.9. The number of rotatable bonds is 3. The van der Waals surface area contributed by atoms with Gasteiger partial charge in [0.05, 0.1) is 12.8 Å². The molecule has 3 nitrogen and oxygen atoms in total. The van der Waals surface area contributed by atoms with Gasteiger partial charge in [0.2, 0.25) is 0 Å². The standard InChI is InChI=1S/C16H15BrFNO2/c1-9-7-10(2)15(11(17)8-9)19-16(20)14-12(18)5-4-6-13(14)21-3/h4-8H,1-3H3,(H,19,20). The van der Waals surface area contributed by atoms with E-state index in [4.69, 9.17) is 4.74 Å². The topological polar surface area (TPSA) is 38.3 Å². The van der Waals surface area contributed by atoms with E-state index in [2.05, 4.69) is 21.2 Å². The summed E-state index contributed by atoms with van der Waals surface area (Å²) in [5, 5.41) is 2.73. The number of carbonyl (C=O) groups is 1. The van der Waals surface area contributed by atoms with Crippen LogP contribution in [-0.2, 0) is 0 Å². The van der Waals surface area contributed by atoms with Crippen molar-refractivity contribution in [3.63, 3.8) is 0 Å². The van der Waals surface area contributed by atoms with Gasteiger partial charge in [0, 0.05) is 4.47 Å². The molecule has 0 aliphatic carbocycles. The fourth-order valence-corrected chi connectivity index (χ4v) is 2.92. The van der Waals surface area contributed by atoms with Crippen LogP contribution in [0.1, 0.15) is 21.5 Å². The van der Waals surface area contributed by atoms with Gasteiger partial charge in [0.25, 0.3) is 5.91 Å². The van der Waals surface area contributed by atoms with Crippen LogP contribution in [0.15, 0.2) is 34.8 Å². The van der Waals surface area contributed by atoms with E-state index in [1.165, 1.54) is 19.2 Å². The van der Waals surface area contributed by atoms with Crippen LogP contribution in [0.25, 0.3) is 0 Å². The largest absolute Gasteiger partial charge is 0.496 e. The molecule has 0 saturated heterocycles. The second-order valence-electron chi connectivity index (χ2n) is 4.71. The minimum Gasteiger partial charge on any atom is -0.496 e. The van der Waals surface area contributed by atoms with E-state index in [1.807, 2.05) is 26.0 Å². The second-order valence-corrected chi connectivity index (χ2v) is 5.56. The number of methoxy groups -OCH3 is 1. The molecular weight excluding hydrogens is 337 g/mol. The molecule has 1 amide bonds. The van der Waals surface area contributed by atoms with Crippen LogP contribution >= 0.6 is 15.9 Å². The lowest BCUT2D eigenvalue weighted by Crippen LogP contribution is -2.16. The first-order valence-electron chi connectivity index (χ1n) is 6.34. The van der Waals surface area contributed by atoms with Crippen molar-refractivity contribution in [2.75, 3.05) is 12.4 Å². The third-order valence-corrected chi connectivity index (χ3v) is 3.72. The van der Waals surface area contributed by atoms with E-state index in [0.29, 0.717) is 5.69 Å². The summed E-state index contributed by atoms with van der Waals surface area (Å²) in [6.07, 6.45) is 0. The molecule has 0 radical (unpaired) electrons. The van der Waals surface area contributed by atoms with Gasteiger partial charge in [-0.25, -0.2) is 4.39 Å². The van der Waals surface area contributed by atoms with Crippen LogP contribution in [-0.4, -0.2) is 13.0 Å². The van der Waals surface area contributed by atoms with E-state index in [-0.39, 0.29) is 11.3 Å². The Morgan fingerprint density at radius 1 is 1.29 bits per heavy atom. The Morgan fingerprint density at radius 2 is 2.00 bits per heavy atom. The van der Waals surface area contributed by atoms with E-state index in [9.17, 15) is 9.18 Å². The summed E-state index contributed by atoms with van der Waals surface area (Å²) in [5.74, 6) is -0.960. The molecule has 0 saturated carbocycles. The molecule has 1 N–H and O–H groups in total. The van der Waals surface area contributed by atoms with Gasteiger partial charge in [-0.05, 0) is 59.1 Å². The third-order valence-electron chi connectivity index (χ3n) is 3.09. The average molecular weight is 352 g/mol. The summed E-state index contributed by atoms with van der Waals surface area (Å²) in [5.41, 5.74) is 2.48. The average Bonchev–Trinajstić information content (AvgIpc) is 2.42. The van der Waals surface area contributed by atoms with Crippen LogP contribution in [0.4, 0.5) is 10.1 Å². The molecule has 0 atom stereocenters. The van der Waals surface area contributed by atoms with Crippen LogP contribution in [0, 0.1) is 19.7 Å². The highest BCUT2D eigenvalue weighted by atomic mass is 79.9. The number of hydrogen-bond donors (Lipinski definition) is 1. The smallest absolute Gasteiger partial charge is 0.262 e. The summed E-state index contributed by atoms with van der Waals surface area (Å²) >= 11 is 3.41. The summed E-state index contributed by atoms with van der Waals surface area (Å²) in [6, 6.07) is 8.11. The van der Waals surface area contributed by atoms with Crippen LogP contribution in [0.3, 0.4) is 0 Å². The molecule has 2 rings (SSSR count). The molecule has 2 aromatic carbocycles. The Bertz CT molecular complexity index is 678. The van der Waals surface area contributed by atoms with Gasteiger partial charge in [-0.2, -0.15) is 0 Å². The van der Waals surface area contributed by atoms with Crippen LogP contribution in [0.5, 0.6) is 5.75 Å². The van der Waals surface area contributed by atoms with Crippen molar-refractivity contribution >= 4 is 27.5 Å². The van der Waals surface area contributed by atoms with Crippen molar-refractivity contribution in [2.45, 2.75) is 13.8 Å². The molecule has 2 aromatic rings. The molecule has 0 heterocycles. The number of aryl methyl sites for hydroxylation is 2. The monoisotopic (exact) mass is 351 g/mol. The number of carbonyl (C=O) groups excluding carboxylic acids is 1. The van der Waals surface area contributed by atoms with Crippen LogP contribution in [0.2, 0.25) is 0 Å². The first-order chi connectivity index (χ1) is 9.93. The maximum absolute atomic E-state index is 13.9. The molecule has 0 spiro atoms. The lowest BCUT2D eigenvalue weighted by atomic mass is 10.1. The van der Waals surface area contributed by atoms with Gasteiger partial charge in [0.15, 0.2) is 0 Å². The maximum Gasteiger partial charge on any atom is 0.262 e. The number of anilines is 1. The molecule has 0 bridgehead atoms. The number of halogens is 2. The number of nitrogens with one attached hydrogen (secondary N) is 1. The van der Waals surface area contributed by atoms with E-state index < -0.39 is 11.7 Å². The van der Waals surface area contributed by atoms with Gasteiger partial charge in [-0.3, -0.25) is 4.79 Å². The Hall–Kier alpha value is -1.88. The molecule has 0 aromatic heterocycles. The van der Waals surface area contributed by atoms with Crippen molar-refractivity contribution in [3.05, 3.63) is 57.3 Å². The van der Waals surface area contributed by atoms with Gasteiger partial charge in [0.1, 0.15) is 17.1 Å². The predicted molar refractivity (Wildman–Crippen MR) is 84.5 cm³/mol. The number of ether oxygens (including phenoxy) is 1. The van der Waals surface area contributed by atoms with Gasteiger partial charge in [-0.15, -0.1) is 0 Å². The third kappa shape index (κ3) is 3.24. The Labute approximate surface area is 131 Å². The van der Waals surface area contributed by atoms with Crippen molar-refractivity contribution in [2.24, 2.45) is 0 Å². The molecule has 5 heteroatoms. The summed E-state index contributed by atoms with van der Waals surface area (Å²) in [6.45, 7) is 3.84. The fourth-order valence-electron chi connectivity index (χ4n) is 2.14. The van der Waals surface area contributed by atoms with Crippen LogP contribution < -0.4 is 10.1 Å². The Morgan fingerprint density at radius 3 is 2.62 bits per heavy atom. The van der Waals surface area contributed by atoms with Gasteiger partial charge < -0.3 is 10.1 Å². The Kier molecular flexibility index (Phi) is 4.63. The zero-order valence-corrected chi connectivity index (χ0v) is 13.5. The molecule has 0 aliphatic heterocycles. The molecule has 0 aliphatic rings.